The standard InChI is InChI=1S/C12H14F3N3OS/c13-12(14,15)6-11(19)18(5-3-10(16)20)8-9-2-1-4-17-7-9/h1-2,4,7H,3,5-6,8H2,(H2,16,20). The number of hydrogen-bond donors (Lipinski definition) is 1. The lowest BCUT2D eigenvalue weighted by atomic mass is 10.2. The Morgan fingerprint density at radius 3 is 2.65 bits per heavy atom. The first-order chi connectivity index (χ1) is 9.28. The van der Waals surface area contributed by atoms with Crippen LogP contribution in [0.25, 0.3) is 0 Å². The van der Waals surface area contributed by atoms with Crippen LogP contribution in [0.1, 0.15) is 18.4 Å². The molecule has 1 aromatic rings. The van der Waals surface area contributed by atoms with Crippen molar-refractivity contribution in [3.8, 4) is 0 Å². The average molecular weight is 305 g/mol. The fourth-order valence-corrected chi connectivity index (χ4v) is 1.62. The van der Waals surface area contributed by atoms with Gasteiger partial charge >= 0.3 is 6.18 Å². The maximum atomic E-state index is 12.3. The molecule has 4 nitrogen and oxygen atoms in total. The first-order valence-electron chi connectivity index (χ1n) is 5.79. The molecule has 0 spiro atoms. The van der Waals surface area contributed by atoms with Crippen LogP contribution in [0.5, 0.6) is 0 Å². The molecule has 0 aliphatic rings. The molecule has 0 saturated carbocycles. The summed E-state index contributed by atoms with van der Waals surface area (Å²) in [5.74, 6) is -1.00. The van der Waals surface area contributed by atoms with Gasteiger partial charge in [0.05, 0.1) is 4.99 Å². The minimum atomic E-state index is -4.53. The van der Waals surface area contributed by atoms with Crippen molar-refractivity contribution in [1.29, 1.82) is 0 Å². The van der Waals surface area contributed by atoms with E-state index in [0.29, 0.717) is 5.56 Å². The third-order valence-corrected chi connectivity index (χ3v) is 2.63. The van der Waals surface area contributed by atoms with E-state index in [1.165, 1.54) is 6.20 Å². The fourth-order valence-electron chi connectivity index (χ4n) is 1.53. The van der Waals surface area contributed by atoms with Gasteiger partial charge < -0.3 is 10.6 Å². The number of aromatic nitrogens is 1. The number of halogens is 3. The van der Waals surface area contributed by atoms with Gasteiger partial charge in [0.1, 0.15) is 6.42 Å². The van der Waals surface area contributed by atoms with Crippen molar-refractivity contribution < 1.29 is 18.0 Å². The molecule has 2 N–H and O–H groups in total. The number of hydrogen-bond acceptors (Lipinski definition) is 3. The number of amides is 1. The average Bonchev–Trinajstić information content (AvgIpc) is 2.33. The number of carbonyl (C=O) groups is 1. The number of rotatable bonds is 6. The molecule has 0 saturated heterocycles. The van der Waals surface area contributed by atoms with Gasteiger partial charge in [-0.3, -0.25) is 9.78 Å². The Hall–Kier alpha value is -1.70. The fraction of sp³-hybridized carbons (Fsp3) is 0.417. The molecule has 0 radical (unpaired) electrons. The molecule has 1 amide bonds. The van der Waals surface area contributed by atoms with E-state index in [0.717, 1.165) is 4.90 Å². The van der Waals surface area contributed by atoms with Gasteiger partial charge in [-0.05, 0) is 11.6 Å². The van der Waals surface area contributed by atoms with Crippen molar-refractivity contribution in [1.82, 2.24) is 9.88 Å². The smallest absolute Gasteiger partial charge is 0.393 e. The third-order valence-electron chi connectivity index (χ3n) is 2.43. The van der Waals surface area contributed by atoms with Crippen LogP contribution in [0.3, 0.4) is 0 Å². The van der Waals surface area contributed by atoms with Gasteiger partial charge in [-0.1, -0.05) is 18.3 Å². The van der Waals surface area contributed by atoms with Crippen LogP contribution >= 0.6 is 12.2 Å². The Labute approximate surface area is 119 Å². The molecule has 0 atom stereocenters. The quantitative estimate of drug-likeness (QED) is 0.817. The molecule has 0 aliphatic carbocycles. The van der Waals surface area contributed by atoms with Crippen LogP contribution in [-0.4, -0.2) is 33.5 Å². The number of pyridine rings is 1. The van der Waals surface area contributed by atoms with Crippen molar-refractivity contribution in [2.24, 2.45) is 5.73 Å². The Morgan fingerprint density at radius 2 is 2.15 bits per heavy atom. The van der Waals surface area contributed by atoms with E-state index in [1.807, 2.05) is 0 Å². The molecule has 0 aliphatic heterocycles. The highest BCUT2D eigenvalue weighted by Gasteiger charge is 2.33. The van der Waals surface area contributed by atoms with E-state index in [4.69, 9.17) is 5.73 Å². The van der Waals surface area contributed by atoms with Gasteiger partial charge in [0.2, 0.25) is 5.91 Å². The van der Waals surface area contributed by atoms with Gasteiger partial charge in [0.25, 0.3) is 0 Å². The summed E-state index contributed by atoms with van der Waals surface area (Å²) in [6.45, 7) is 0.102. The summed E-state index contributed by atoms with van der Waals surface area (Å²) in [4.78, 5) is 16.8. The van der Waals surface area contributed by atoms with E-state index in [9.17, 15) is 18.0 Å². The number of nitrogens with two attached hydrogens (primary N) is 1. The highest BCUT2D eigenvalue weighted by atomic mass is 32.1. The molecule has 1 heterocycles. The van der Waals surface area contributed by atoms with E-state index in [2.05, 4.69) is 17.2 Å². The number of carbonyl (C=O) groups excluding carboxylic acids is 1. The first-order valence-corrected chi connectivity index (χ1v) is 6.20. The molecule has 1 aromatic heterocycles. The summed E-state index contributed by atoms with van der Waals surface area (Å²) >= 11 is 4.68. The summed E-state index contributed by atoms with van der Waals surface area (Å²) in [5.41, 5.74) is 5.96. The lowest BCUT2D eigenvalue weighted by Gasteiger charge is -2.23. The molecule has 20 heavy (non-hydrogen) atoms. The van der Waals surface area contributed by atoms with Crippen molar-refractivity contribution in [3.63, 3.8) is 0 Å². The van der Waals surface area contributed by atoms with Crippen LogP contribution in [0.2, 0.25) is 0 Å². The third kappa shape index (κ3) is 6.46. The van der Waals surface area contributed by atoms with E-state index in [-0.39, 0.29) is 24.5 Å². The zero-order valence-electron chi connectivity index (χ0n) is 10.6. The van der Waals surface area contributed by atoms with E-state index >= 15 is 0 Å². The summed E-state index contributed by atoms with van der Waals surface area (Å²) in [6, 6.07) is 3.33. The number of alkyl halides is 3. The molecular formula is C12H14F3N3OS. The minimum absolute atomic E-state index is 0.0470. The zero-order chi connectivity index (χ0) is 15.2. The predicted molar refractivity (Wildman–Crippen MR) is 71.7 cm³/mol. The maximum absolute atomic E-state index is 12.3. The second kappa shape index (κ2) is 7.18. The highest BCUT2D eigenvalue weighted by Crippen LogP contribution is 2.21. The zero-order valence-corrected chi connectivity index (χ0v) is 11.4. The van der Waals surface area contributed by atoms with Crippen molar-refractivity contribution in [2.45, 2.75) is 25.6 Å². The van der Waals surface area contributed by atoms with Gasteiger partial charge in [-0.15, -0.1) is 0 Å². The number of nitrogens with zero attached hydrogens (tertiary/aromatic N) is 2. The van der Waals surface area contributed by atoms with Gasteiger partial charge in [0, 0.05) is 31.9 Å². The molecule has 0 bridgehead atoms. The Morgan fingerprint density at radius 1 is 1.45 bits per heavy atom. The van der Waals surface area contributed by atoms with Crippen molar-refractivity contribution in [3.05, 3.63) is 30.1 Å². The van der Waals surface area contributed by atoms with E-state index < -0.39 is 18.5 Å². The second-order valence-corrected chi connectivity index (χ2v) is 4.71. The largest absolute Gasteiger partial charge is 0.397 e. The molecule has 110 valence electrons. The second-order valence-electron chi connectivity index (χ2n) is 4.18. The molecule has 1 rings (SSSR count). The van der Waals surface area contributed by atoms with Crippen LogP contribution in [0.4, 0.5) is 13.2 Å². The molecule has 0 unspecified atom stereocenters. The van der Waals surface area contributed by atoms with Crippen LogP contribution in [-0.2, 0) is 11.3 Å². The molecule has 0 fully saturated rings. The Bertz CT molecular complexity index is 465. The Balaban J connectivity index is 2.74. The van der Waals surface area contributed by atoms with Gasteiger partial charge in [0.15, 0.2) is 0 Å². The van der Waals surface area contributed by atoms with Crippen LogP contribution in [0.15, 0.2) is 24.5 Å². The Kier molecular flexibility index (Phi) is 5.87. The summed E-state index contributed by atoms with van der Waals surface area (Å²) in [5, 5.41) is 0. The van der Waals surface area contributed by atoms with Crippen LogP contribution < -0.4 is 5.73 Å². The monoisotopic (exact) mass is 305 g/mol. The predicted octanol–water partition coefficient (Wildman–Crippen LogP) is 2.04. The molecular weight excluding hydrogens is 291 g/mol. The first kappa shape index (κ1) is 16.4. The SMILES string of the molecule is NC(=S)CCN(Cc1cccnc1)C(=O)CC(F)(F)F. The summed E-state index contributed by atoms with van der Waals surface area (Å²) in [7, 11) is 0. The minimum Gasteiger partial charge on any atom is -0.393 e. The highest BCUT2D eigenvalue weighted by molar-refractivity contribution is 7.80. The molecule has 0 aromatic carbocycles. The lowest BCUT2D eigenvalue weighted by molar-refractivity contribution is -0.161. The van der Waals surface area contributed by atoms with Crippen molar-refractivity contribution >= 4 is 23.1 Å². The van der Waals surface area contributed by atoms with E-state index in [1.54, 1.807) is 18.3 Å². The van der Waals surface area contributed by atoms with Crippen LogP contribution in [0, 0.1) is 0 Å². The summed E-state index contributed by atoms with van der Waals surface area (Å²) < 4.78 is 36.9. The van der Waals surface area contributed by atoms with Crippen molar-refractivity contribution in [2.75, 3.05) is 6.54 Å². The lowest BCUT2D eigenvalue weighted by Crippen LogP contribution is -2.36. The normalized spacial score (nSPS) is 11.2. The summed E-state index contributed by atoms with van der Waals surface area (Å²) in [6.07, 6.45) is -2.81. The topological polar surface area (TPSA) is 59.2 Å². The van der Waals surface area contributed by atoms with Gasteiger partial charge in [-0.2, -0.15) is 13.2 Å². The van der Waals surface area contributed by atoms with Gasteiger partial charge in [-0.25, -0.2) is 0 Å². The number of thiocarbonyl (C=S) groups is 1. The molecule has 8 heteroatoms. The maximum Gasteiger partial charge on any atom is 0.397 e.